The average Bonchev–Trinajstić information content (AvgIpc) is 2.68. The van der Waals surface area contributed by atoms with Crippen molar-refractivity contribution in [1.29, 1.82) is 0 Å². The molecule has 0 fully saturated rings. The Morgan fingerprint density at radius 3 is 0.824 bits per heavy atom. The van der Waals surface area contributed by atoms with E-state index in [0.717, 1.165) is 0 Å². The van der Waals surface area contributed by atoms with E-state index >= 15 is 0 Å². The van der Waals surface area contributed by atoms with Crippen LogP contribution < -0.4 is 32.8 Å². The maximum atomic E-state index is 14.4. The zero-order chi connectivity index (χ0) is 24.3. The second-order valence-electron chi connectivity index (χ2n) is 6.21. The molecule has 3 aromatic rings. The van der Waals surface area contributed by atoms with E-state index < -0.39 is 112 Å². The monoisotopic (exact) mass is 550 g/mol. The Morgan fingerprint density at radius 1 is 0.412 bits per heavy atom. The van der Waals surface area contributed by atoms with E-state index in [1.54, 1.807) is 0 Å². The summed E-state index contributed by atoms with van der Waals surface area (Å²) < 4.78 is 168. The van der Waals surface area contributed by atoms with E-state index in [0.29, 0.717) is 0 Å². The molecule has 0 N–H and O–H groups in total. The van der Waals surface area contributed by atoms with Crippen molar-refractivity contribution in [2.24, 2.45) is 0 Å². The van der Waals surface area contributed by atoms with Gasteiger partial charge in [0.05, 0.1) is 8.32 Å². The van der Waals surface area contributed by atoms with Crippen molar-refractivity contribution >= 4 is 46.9 Å². The molecule has 0 aromatic heterocycles. The van der Waals surface area contributed by atoms with Crippen LogP contribution in [0.4, 0.5) is 52.7 Å². The SMILES string of the molecule is [Cl-].[Mg+2].[O-][Si](c1c(F)cc(F)c(F)c1F)(c1c(F)cc(F)c(F)c1F)c1c(F)cc(F)c(F)c1F. The van der Waals surface area contributed by atoms with Crippen molar-refractivity contribution in [3.05, 3.63) is 88.0 Å². The number of rotatable bonds is 3. The number of hydrogen-bond donors (Lipinski definition) is 0. The van der Waals surface area contributed by atoms with Gasteiger partial charge in [-0.25, -0.2) is 52.7 Å². The van der Waals surface area contributed by atoms with Crippen molar-refractivity contribution in [2.75, 3.05) is 0 Å². The Hall–Kier alpha value is -1.95. The largest absolute Gasteiger partial charge is 2.00 e. The van der Waals surface area contributed by atoms with Gasteiger partial charge < -0.3 is 17.2 Å². The molecular weight excluding hydrogens is 548 g/mol. The van der Waals surface area contributed by atoms with E-state index in [1.165, 1.54) is 0 Å². The van der Waals surface area contributed by atoms with Crippen molar-refractivity contribution in [3.63, 3.8) is 0 Å². The van der Waals surface area contributed by atoms with Crippen LogP contribution in [0.1, 0.15) is 0 Å². The maximum Gasteiger partial charge on any atom is 2.00 e. The Balaban J connectivity index is 0.00000289. The fourth-order valence-corrected chi connectivity index (χ4v) is 6.27. The average molecular weight is 551 g/mol. The van der Waals surface area contributed by atoms with Gasteiger partial charge in [-0.05, 0) is 0 Å². The van der Waals surface area contributed by atoms with Gasteiger partial charge in [0.2, 0.25) is 0 Å². The molecule has 0 aliphatic rings. The molecule has 1 nitrogen and oxygen atoms in total. The second-order valence-corrected chi connectivity index (χ2v) is 9.07. The minimum Gasteiger partial charge on any atom is -1.00 e. The summed E-state index contributed by atoms with van der Waals surface area (Å²) in [5, 5.41) is -7.28. The van der Waals surface area contributed by atoms with Crippen LogP contribution in [-0.2, 0) is 0 Å². The first-order chi connectivity index (χ1) is 14.7. The van der Waals surface area contributed by atoms with Crippen LogP contribution in [0, 0.1) is 69.8 Å². The van der Waals surface area contributed by atoms with Crippen LogP contribution in [-0.4, -0.2) is 31.4 Å². The van der Waals surface area contributed by atoms with E-state index in [4.69, 9.17) is 0 Å². The molecule has 178 valence electrons. The Morgan fingerprint density at radius 2 is 0.618 bits per heavy atom. The molecule has 0 amide bonds. The molecule has 0 spiro atoms. The predicted molar refractivity (Wildman–Crippen MR) is 89.2 cm³/mol. The van der Waals surface area contributed by atoms with Crippen LogP contribution >= 0.6 is 0 Å². The van der Waals surface area contributed by atoms with E-state index in [9.17, 15) is 57.5 Å². The first-order valence-corrected chi connectivity index (χ1v) is 9.86. The third-order valence-corrected chi connectivity index (χ3v) is 7.89. The molecule has 0 heterocycles. The molecule has 34 heavy (non-hydrogen) atoms. The molecule has 0 aliphatic heterocycles. The standard InChI is InChI=1S/C18H3F12OSi.ClH.Mg/c19-4-1-7(22)16(13(28)10(4)25)32(31,17-8(23)2-5(20)11(26)14(17)29)18-9(24)3-6(21)12(27)15(18)30;;/h1-3H;1H;/q-1;;+2/p-1. The van der Waals surface area contributed by atoms with Gasteiger partial charge in [-0.1, -0.05) is 0 Å². The molecule has 0 saturated heterocycles. The van der Waals surface area contributed by atoms with Crippen LogP contribution in [0.2, 0.25) is 0 Å². The summed E-state index contributed by atoms with van der Waals surface area (Å²) in [4.78, 5) is 13.7. The van der Waals surface area contributed by atoms with E-state index in [2.05, 4.69) is 0 Å². The summed E-state index contributed by atoms with van der Waals surface area (Å²) in [6.07, 6.45) is 0. The first-order valence-electron chi connectivity index (χ1n) is 7.95. The van der Waals surface area contributed by atoms with Crippen molar-refractivity contribution in [3.8, 4) is 0 Å². The maximum absolute atomic E-state index is 14.4. The summed E-state index contributed by atoms with van der Waals surface area (Å²) in [7, 11) is -7.03. The van der Waals surface area contributed by atoms with Gasteiger partial charge in [-0.2, -0.15) is 0 Å². The topological polar surface area (TPSA) is 23.1 Å². The van der Waals surface area contributed by atoms with Gasteiger partial charge >= 0.3 is 23.1 Å². The fourth-order valence-electron chi connectivity index (χ4n) is 3.04. The van der Waals surface area contributed by atoms with Gasteiger partial charge in [0.25, 0.3) is 0 Å². The summed E-state index contributed by atoms with van der Waals surface area (Å²) in [6.45, 7) is 0. The van der Waals surface area contributed by atoms with Gasteiger partial charge in [0, 0.05) is 33.8 Å². The van der Waals surface area contributed by atoms with Crippen molar-refractivity contribution in [2.45, 2.75) is 0 Å². The van der Waals surface area contributed by atoms with Crippen LogP contribution in [0.15, 0.2) is 18.2 Å². The molecule has 0 atom stereocenters. The zero-order valence-electron chi connectivity index (χ0n) is 15.8. The normalized spacial score (nSPS) is 11.2. The third-order valence-electron chi connectivity index (χ3n) is 4.40. The number of halogens is 13. The van der Waals surface area contributed by atoms with Gasteiger partial charge in [-0.15, -0.1) is 0 Å². The first kappa shape index (κ1) is 30.1. The number of benzene rings is 3. The molecular formula is C18H3ClF12MgOSi. The molecule has 3 aromatic carbocycles. The van der Waals surface area contributed by atoms with Crippen molar-refractivity contribution < 1.29 is 69.9 Å². The quantitative estimate of drug-likeness (QED) is 0.139. The van der Waals surface area contributed by atoms with E-state index in [-0.39, 0.29) is 35.5 Å². The summed E-state index contributed by atoms with van der Waals surface area (Å²) in [5.74, 6) is -30.7. The Bertz CT molecular complexity index is 1140. The van der Waals surface area contributed by atoms with Crippen LogP contribution in [0.25, 0.3) is 0 Å². The summed E-state index contributed by atoms with van der Waals surface area (Å²) in [5.41, 5.74) is 0. The minimum atomic E-state index is -7.03. The Labute approximate surface area is 204 Å². The summed E-state index contributed by atoms with van der Waals surface area (Å²) >= 11 is 0. The second kappa shape index (κ2) is 10.4. The zero-order valence-corrected chi connectivity index (χ0v) is 18.9. The molecule has 0 unspecified atom stereocenters. The molecule has 0 saturated carbocycles. The smallest absolute Gasteiger partial charge is 1.00 e. The van der Waals surface area contributed by atoms with Gasteiger partial charge in [0.1, 0.15) is 17.5 Å². The Kier molecular flexibility index (Phi) is 9.16. The minimum absolute atomic E-state index is 0. The van der Waals surface area contributed by atoms with Crippen LogP contribution in [0.5, 0.6) is 0 Å². The molecule has 3 rings (SSSR count). The summed E-state index contributed by atoms with van der Waals surface area (Å²) in [6, 6.07) is -1.63. The molecule has 16 heteroatoms. The van der Waals surface area contributed by atoms with Gasteiger partial charge in [0.15, 0.2) is 52.4 Å². The predicted octanol–water partition coefficient (Wildman–Crippen LogP) is -0.694. The van der Waals surface area contributed by atoms with Crippen molar-refractivity contribution in [1.82, 2.24) is 0 Å². The molecule has 0 aliphatic carbocycles. The number of hydrogen-bond acceptors (Lipinski definition) is 1. The van der Waals surface area contributed by atoms with E-state index in [1.807, 2.05) is 0 Å². The third kappa shape index (κ3) is 4.39. The van der Waals surface area contributed by atoms with Gasteiger partial charge in [-0.3, -0.25) is 0 Å². The molecule has 0 radical (unpaired) electrons. The fraction of sp³-hybridized carbons (Fsp3) is 0. The van der Waals surface area contributed by atoms with Crippen LogP contribution in [0.3, 0.4) is 0 Å². The molecule has 0 bridgehead atoms.